The number of aromatic amines is 1. The average Bonchev–Trinajstić information content (AvgIpc) is 2.67. The number of aromatic nitrogens is 1. The lowest BCUT2D eigenvalue weighted by Gasteiger charge is -2.07. The normalized spacial score (nSPS) is 12.2. The van der Waals surface area contributed by atoms with Gasteiger partial charge in [0.05, 0.1) is 11.1 Å². The van der Waals surface area contributed by atoms with E-state index in [1.54, 1.807) is 12.3 Å². The van der Waals surface area contributed by atoms with E-state index >= 15 is 0 Å². The van der Waals surface area contributed by atoms with Crippen LogP contribution in [-0.4, -0.2) is 4.98 Å². The number of hydrogen-bond donors (Lipinski definition) is 1. The van der Waals surface area contributed by atoms with Crippen molar-refractivity contribution in [2.75, 3.05) is 0 Å². The van der Waals surface area contributed by atoms with E-state index in [4.69, 9.17) is 0 Å². The third kappa shape index (κ3) is 2.30. The van der Waals surface area contributed by atoms with Crippen LogP contribution in [0.5, 0.6) is 0 Å². The molecule has 0 fully saturated rings. The zero-order valence-electron chi connectivity index (χ0n) is 9.56. The average molecular weight is 241 g/mol. The molecule has 0 atom stereocenters. The van der Waals surface area contributed by atoms with Gasteiger partial charge in [-0.1, -0.05) is 25.5 Å². The molecule has 1 aromatic heterocycles. The van der Waals surface area contributed by atoms with Crippen LogP contribution in [0.2, 0.25) is 0 Å². The topological polar surface area (TPSA) is 15.8 Å². The number of benzene rings is 1. The highest BCUT2D eigenvalue weighted by Crippen LogP contribution is 2.35. The van der Waals surface area contributed by atoms with Crippen LogP contribution in [0.15, 0.2) is 24.4 Å². The van der Waals surface area contributed by atoms with Crippen molar-refractivity contribution in [1.29, 1.82) is 0 Å². The molecule has 0 saturated heterocycles. The quantitative estimate of drug-likeness (QED) is 0.812. The van der Waals surface area contributed by atoms with Crippen molar-refractivity contribution in [1.82, 2.24) is 4.98 Å². The lowest BCUT2D eigenvalue weighted by Crippen LogP contribution is -2.05. The Labute approximate surface area is 97.6 Å². The first-order valence-electron chi connectivity index (χ1n) is 5.70. The molecule has 92 valence electrons. The largest absolute Gasteiger partial charge is 0.418 e. The number of halogens is 3. The third-order valence-corrected chi connectivity index (χ3v) is 2.91. The highest BCUT2D eigenvalue weighted by Gasteiger charge is 2.33. The Balaban J connectivity index is 2.49. The zero-order chi connectivity index (χ0) is 12.5. The highest BCUT2D eigenvalue weighted by atomic mass is 19.4. The number of unbranched alkanes of at least 4 members (excludes halogenated alkanes) is 1. The van der Waals surface area contributed by atoms with Crippen molar-refractivity contribution in [3.05, 3.63) is 35.5 Å². The molecule has 4 heteroatoms. The van der Waals surface area contributed by atoms with E-state index in [0.29, 0.717) is 5.39 Å². The van der Waals surface area contributed by atoms with Crippen LogP contribution in [0.3, 0.4) is 0 Å². The summed E-state index contributed by atoms with van der Waals surface area (Å²) in [4.78, 5) is 2.75. The number of H-pyrrole nitrogens is 1. The molecule has 0 spiro atoms. The number of aryl methyl sites for hydroxylation is 1. The maximum absolute atomic E-state index is 12.8. The standard InChI is InChI=1S/C13H14F3N/c1-2-3-5-9-8-17-12-10(9)6-4-7-11(12)13(14,15)16/h4,6-8,17H,2-3,5H2,1H3. The minimum atomic E-state index is -4.30. The Morgan fingerprint density at radius 1 is 1.24 bits per heavy atom. The van der Waals surface area contributed by atoms with Crippen LogP contribution in [0, 0.1) is 0 Å². The van der Waals surface area contributed by atoms with Crippen molar-refractivity contribution >= 4 is 10.9 Å². The smallest absolute Gasteiger partial charge is 0.360 e. The summed E-state index contributed by atoms with van der Waals surface area (Å²) < 4.78 is 38.3. The van der Waals surface area contributed by atoms with Crippen molar-refractivity contribution in [3.63, 3.8) is 0 Å². The fourth-order valence-electron chi connectivity index (χ4n) is 2.02. The van der Waals surface area contributed by atoms with Gasteiger partial charge in [-0.25, -0.2) is 0 Å². The van der Waals surface area contributed by atoms with E-state index in [1.807, 2.05) is 0 Å². The lowest BCUT2D eigenvalue weighted by molar-refractivity contribution is -0.136. The summed E-state index contributed by atoms with van der Waals surface area (Å²) in [6, 6.07) is 4.32. The molecule has 0 aliphatic rings. The summed E-state index contributed by atoms with van der Waals surface area (Å²) in [6.45, 7) is 2.07. The Bertz CT molecular complexity index is 511. The highest BCUT2D eigenvalue weighted by molar-refractivity contribution is 5.86. The van der Waals surface area contributed by atoms with Crippen molar-refractivity contribution in [2.24, 2.45) is 0 Å². The number of nitrogens with one attached hydrogen (secondary N) is 1. The molecule has 1 heterocycles. The number of para-hydroxylation sites is 1. The molecule has 0 radical (unpaired) electrons. The van der Waals surface area contributed by atoms with Crippen molar-refractivity contribution < 1.29 is 13.2 Å². The molecule has 2 aromatic rings. The number of hydrogen-bond acceptors (Lipinski definition) is 0. The Morgan fingerprint density at radius 2 is 2.00 bits per heavy atom. The molecule has 0 amide bonds. The Morgan fingerprint density at radius 3 is 2.65 bits per heavy atom. The van der Waals surface area contributed by atoms with Gasteiger partial charge in [0, 0.05) is 11.6 Å². The van der Waals surface area contributed by atoms with Gasteiger partial charge in [-0.05, 0) is 24.5 Å². The number of fused-ring (bicyclic) bond motifs is 1. The van der Waals surface area contributed by atoms with Crippen molar-refractivity contribution in [3.8, 4) is 0 Å². The van der Waals surface area contributed by atoms with Gasteiger partial charge in [-0.3, -0.25) is 0 Å². The second-order valence-corrected chi connectivity index (χ2v) is 4.14. The molecular formula is C13H14F3N. The van der Waals surface area contributed by atoms with Crippen LogP contribution in [0.25, 0.3) is 10.9 Å². The van der Waals surface area contributed by atoms with Gasteiger partial charge in [-0.15, -0.1) is 0 Å². The van der Waals surface area contributed by atoms with Crippen LogP contribution in [0.1, 0.15) is 30.9 Å². The second kappa shape index (κ2) is 4.43. The molecule has 1 aromatic carbocycles. The molecule has 17 heavy (non-hydrogen) atoms. The fourth-order valence-corrected chi connectivity index (χ4v) is 2.02. The van der Waals surface area contributed by atoms with E-state index in [2.05, 4.69) is 11.9 Å². The molecule has 1 nitrogen and oxygen atoms in total. The van der Waals surface area contributed by atoms with E-state index in [9.17, 15) is 13.2 Å². The van der Waals surface area contributed by atoms with Crippen LogP contribution in [0.4, 0.5) is 13.2 Å². The monoisotopic (exact) mass is 241 g/mol. The molecule has 0 bridgehead atoms. The minimum absolute atomic E-state index is 0.200. The maximum atomic E-state index is 12.8. The predicted molar refractivity (Wildman–Crippen MR) is 61.9 cm³/mol. The Hall–Kier alpha value is -1.45. The Kier molecular flexibility index (Phi) is 3.13. The van der Waals surface area contributed by atoms with Gasteiger partial charge in [0.15, 0.2) is 0 Å². The molecular weight excluding hydrogens is 227 g/mol. The molecule has 1 N–H and O–H groups in total. The SMILES string of the molecule is CCCCc1c[nH]c2c(C(F)(F)F)cccc12. The van der Waals surface area contributed by atoms with Crippen LogP contribution in [-0.2, 0) is 12.6 Å². The van der Waals surface area contributed by atoms with Gasteiger partial charge >= 0.3 is 6.18 Å². The van der Waals surface area contributed by atoms with Gasteiger partial charge in [-0.2, -0.15) is 13.2 Å². The fraction of sp³-hybridized carbons (Fsp3) is 0.385. The predicted octanol–water partition coefficient (Wildman–Crippen LogP) is 4.53. The van der Waals surface area contributed by atoms with Gasteiger partial charge < -0.3 is 4.98 Å². The first-order valence-corrected chi connectivity index (χ1v) is 5.70. The van der Waals surface area contributed by atoms with Gasteiger partial charge in [0.2, 0.25) is 0 Å². The molecule has 0 saturated carbocycles. The summed E-state index contributed by atoms with van der Waals surface area (Å²) in [5, 5.41) is 0.688. The van der Waals surface area contributed by atoms with E-state index in [1.165, 1.54) is 6.07 Å². The summed E-state index contributed by atoms with van der Waals surface area (Å²) in [5.41, 5.74) is 0.580. The van der Waals surface area contributed by atoms with Crippen LogP contribution >= 0.6 is 0 Å². The lowest BCUT2D eigenvalue weighted by atomic mass is 10.0. The second-order valence-electron chi connectivity index (χ2n) is 4.14. The molecule has 0 aliphatic heterocycles. The van der Waals surface area contributed by atoms with Crippen molar-refractivity contribution in [2.45, 2.75) is 32.4 Å². The minimum Gasteiger partial charge on any atom is -0.360 e. The molecule has 0 unspecified atom stereocenters. The first-order chi connectivity index (χ1) is 8.04. The van der Waals surface area contributed by atoms with E-state index in [-0.39, 0.29) is 5.52 Å². The summed E-state index contributed by atoms with van der Waals surface area (Å²) in [6.07, 6.45) is 0.231. The van der Waals surface area contributed by atoms with E-state index in [0.717, 1.165) is 30.9 Å². The summed E-state index contributed by atoms with van der Waals surface area (Å²) in [5.74, 6) is 0. The molecule has 0 aliphatic carbocycles. The molecule has 2 rings (SSSR count). The number of rotatable bonds is 3. The number of alkyl halides is 3. The van der Waals surface area contributed by atoms with Crippen LogP contribution < -0.4 is 0 Å². The summed E-state index contributed by atoms with van der Waals surface area (Å²) >= 11 is 0. The third-order valence-electron chi connectivity index (χ3n) is 2.91. The summed E-state index contributed by atoms with van der Waals surface area (Å²) in [7, 11) is 0. The van der Waals surface area contributed by atoms with E-state index < -0.39 is 11.7 Å². The maximum Gasteiger partial charge on any atom is 0.418 e. The van der Waals surface area contributed by atoms with Gasteiger partial charge in [0.25, 0.3) is 0 Å². The van der Waals surface area contributed by atoms with Gasteiger partial charge in [0.1, 0.15) is 0 Å². The first kappa shape index (κ1) is 12.0. The zero-order valence-corrected chi connectivity index (χ0v) is 9.56.